The van der Waals surface area contributed by atoms with E-state index in [0.717, 1.165) is 0 Å². The zero-order valence-corrected chi connectivity index (χ0v) is 8.10. The molecule has 1 aromatic rings. The van der Waals surface area contributed by atoms with Gasteiger partial charge in [-0.2, -0.15) is 4.98 Å². The predicted octanol–water partition coefficient (Wildman–Crippen LogP) is 1.06. The number of rotatable bonds is 4. The van der Waals surface area contributed by atoms with Crippen molar-refractivity contribution in [1.29, 1.82) is 0 Å². The molecule has 0 radical (unpaired) electrons. The van der Waals surface area contributed by atoms with Gasteiger partial charge in [0.25, 0.3) is 0 Å². The standard InChI is InChI=1S/C9H12N2O3/c1-3-6(9(12)13)8-10-5-4-7(11-8)14-2/h4-6H,3H2,1-2H3,(H,12,13). The van der Waals surface area contributed by atoms with Crippen LogP contribution in [-0.4, -0.2) is 28.2 Å². The summed E-state index contributed by atoms with van der Waals surface area (Å²) in [5.74, 6) is -0.903. The van der Waals surface area contributed by atoms with E-state index in [1.54, 1.807) is 13.0 Å². The van der Waals surface area contributed by atoms with Gasteiger partial charge in [0, 0.05) is 12.3 Å². The second-order valence-electron chi connectivity index (χ2n) is 2.76. The summed E-state index contributed by atoms with van der Waals surface area (Å²) in [6.45, 7) is 1.78. The van der Waals surface area contributed by atoms with Crippen LogP contribution in [0.4, 0.5) is 0 Å². The Morgan fingerprint density at radius 1 is 1.71 bits per heavy atom. The third-order valence-corrected chi connectivity index (χ3v) is 1.88. The minimum Gasteiger partial charge on any atom is -0.481 e. The van der Waals surface area contributed by atoms with Crippen molar-refractivity contribution in [2.75, 3.05) is 7.11 Å². The van der Waals surface area contributed by atoms with Crippen LogP contribution in [0, 0.1) is 0 Å². The highest BCUT2D eigenvalue weighted by atomic mass is 16.5. The van der Waals surface area contributed by atoms with E-state index < -0.39 is 11.9 Å². The maximum Gasteiger partial charge on any atom is 0.314 e. The lowest BCUT2D eigenvalue weighted by molar-refractivity contribution is -0.139. The smallest absolute Gasteiger partial charge is 0.314 e. The van der Waals surface area contributed by atoms with Gasteiger partial charge in [0.05, 0.1) is 7.11 Å². The van der Waals surface area contributed by atoms with Gasteiger partial charge in [0.15, 0.2) is 0 Å². The fourth-order valence-electron chi connectivity index (χ4n) is 1.11. The molecule has 0 fully saturated rings. The number of methoxy groups -OCH3 is 1. The highest BCUT2D eigenvalue weighted by molar-refractivity contribution is 5.74. The Hall–Kier alpha value is -1.65. The topological polar surface area (TPSA) is 72.3 Å². The Morgan fingerprint density at radius 3 is 2.93 bits per heavy atom. The quantitative estimate of drug-likeness (QED) is 0.779. The molecule has 5 nitrogen and oxygen atoms in total. The Morgan fingerprint density at radius 2 is 2.43 bits per heavy atom. The molecule has 0 amide bonds. The zero-order valence-electron chi connectivity index (χ0n) is 8.10. The molecule has 0 aliphatic rings. The Labute approximate surface area is 81.8 Å². The van der Waals surface area contributed by atoms with Gasteiger partial charge in [-0.05, 0) is 6.42 Å². The fraction of sp³-hybridized carbons (Fsp3) is 0.444. The van der Waals surface area contributed by atoms with Gasteiger partial charge >= 0.3 is 5.97 Å². The lowest BCUT2D eigenvalue weighted by Crippen LogP contribution is -2.14. The van der Waals surface area contributed by atoms with Crippen LogP contribution in [0.5, 0.6) is 5.88 Å². The maximum absolute atomic E-state index is 10.8. The van der Waals surface area contributed by atoms with Crippen LogP contribution in [0.3, 0.4) is 0 Å². The minimum absolute atomic E-state index is 0.291. The Kier molecular flexibility index (Phi) is 3.39. The van der Waals surface area contributed by atoms with Crippen molar-refractivity contribution in [3.8, 4) is 5.88 Å². The van der Waals surface area contributed by atoms with Crippen LogP contribution >= 0.6 is 0 Å². The second-order valence-corrected chi connectivity index (χ2v) is 2.76. The first-order chi connectivity index (χ1) is 6.69. The third kappa shape index (κ3) is 2.18. The van der Waals surface area contributed by atoms with E-state index >= 15 is 0 Å². The van der Waals surface area contributed by atoms with E-state index in [2.05, 4.69) is 9.97 Å². The van der Waals surface area contributed by atoms with Gasteiger partial charge in [-0.25, -0.2) is 4.98 Å². The number of carboxylic acid groups (broad SMARTS) is 1. The molecule has 1 rings (SSSR count). The average Bonchev–Trinajstić information content (AvgIpc) is 2.19. The van der Waals surface area contributed by atoms with Crippen LogP contribution < -0.4 is 4.74 Å². The number of ether oxygens (including phenoxy) is 1. The first-order valence-electron chi connectivity index (χ1n) is 4.28. The van der Waals surface area contributed by atoms with Crippen molar-refractivity contribution in [2.24, 2.45) is 0 Å². The van der Waals surface area contributed by atoms with E-state index in [9.17, 15) is 4.79 Å². The monoisotopic (exact) mass is 196 g/mol. The zero-order chi connectivity index (χ0) is 10.6. The normalized spacial score (nSPS) is 12.1. The van der Waals surface area contributed by atoms with Crippen molar-refractivity contribution < 1.29 is 14.6 Å². The van der Waals surface area contributed by atoms with E-state index in [4.69, 9.17) is 9.84 Å². The number of aromatic nitrogens is 2. The molecule has 0 saturated heterocycles. The molecule has 0 aliphatic carbocycles. The van der Waals surface area contributed by atoms with Gasteiger partial charge in [-0.1, -0.05) is 6.92 Å². The molecule has 76 valence electrons. The van der Waals surface area contributed by atoms with Gasteiger partial charge < -0.3 is 9.84 Å². The van der Waals surface area contributed by atoms with E-state index in [1.165, 1.54) is 13.3 Å². The van der Waals surface area contributed by atoms with Crippen LogP contribution in [0.1, 0.15) is 25.1 Å². The molecular formula is C9H12N2O3. The average molecular weight is 196 g/mol. The van der Waals surface area contributed by atoms with E-state index in [1.807, 2.05) is 0 Å². The highest BCUT2D eigenvalue weighted by Crippen LogP contribution is 2.17. The summed E-state index contributed by atoms with van der Waals surface area (Å²) in [6.07, 6.45) is 1.95. The number of nitrogens with zero attached hydrogens (tertiary/aromatic N) is 2. The van der Waals surface area contributed by atoms with Crippen LogP contribution in [0.15, 0.2) is 12.3 Å². The van der Waals surface area contributed by atoms with Crippen molar-refractivity contribution in [2.45, 2.75) is 19.3 Å². The van der Waals surface area contributed by atoms with E-state index in [0.29, 0.717) is 18.1 Å². The lowest BCUT2D eigenvalue weighted by Gasteiger charge is -2.08. The third-order valence-electron chi connectivity index (χ3n) is 1.88. The molecule has 5 heteroatoms. The second kappa shape index (κ2) is 4.55. The van der Waals surface area contributed by atoms with Gasteiger partial charge in [-0.3, -0.25) is 4.79 Å². The summed E-state index contributed by atoms with van der Waals surface area (Å²) in [5.41, 5.74) is 0. The lowest BCUT2D eigenvalue weighted by atomic mass is 10.1. The van der Waals surface area contributed by atoms with Crippen LogP contribution in [0.2, 0.25) is 0 Å². The summed E-state index contributed by atoms with van der Waals surface area (Å²) in [7, 11) is 1.48. The number of hydrogen-bond acceptors (Lipinski definition) is 4. The predicted molar refractivity (Wildman–Crippen MR) is 49.3 cm³/mol. The molecule has 0 aromatic carbocycles. The molecule has 1 heterocycles. The van der Waals surface area contributed by atoms with Crippen molar-refractivity contribution in [3.63, 3.8) is 0 Å². The Bertz CT molecular complexity index is 328. The molecule has 1 N–H and O–H groups in total. The summed E-state index contributed by atoms with van der Waals surface area (Å²) >= 11 is 0. The molecule has 0 spiro atoms. The molecular weight excluding hydrogens is 184 g/mol. The summed E-state index contributed by atoms with van der Waals surface area (Å²) in [6, 6.07) is 1.58. The number of aliphatic carboxylic acids is 1. The van der Waals surface area contributed by atoms with Crippen molar-refractivity contribution in [1.82, 2.24) is 9.97 Å². The SMILES string of the molecule is CCC(C(=O)O)c1nccc(OC)n1. The summed E-state index contributed by atoms with van der Waals surface area (Å²) in [4.78, 5) is 18.7. The number of hydrogen-bond donors (Lipinski definition) is 1. The summed E-state index contributed by atoms with van der Waals surface area (Å²) in [5, 5.41) is 8.87. The van der Waals surface area contributed by atoms with Crippen LogP contribution in [-0.2, 0) is 4.79 Å². The number of carbonyl (C=O) groups is 1. The first kappa shape index (κ1) is 10.4. The van der Waals surface area contributed by atoms with Gasteiger partial charge in [0.2, 0.25) is 5.88 Å². The minimum atomic E-state index is -0.916. The molecule has 1 atom stereocenters. The Balaban J connectivity index is 2.98. The van der Waals surface area contributed by atoms with Crippen LogP contribution in [0.25, 0.3) is 0 Å². The molecule has 1 unspecified atom stereocenters. The van der Waals surface area contributed by atoms with Crippen molar-refractivity contribution in [3.05, 3.63) is 18.1 Å². The summed E-state index contributed by atoms with van der Waals surface area (Å²) < 4.78 is 4.89. The number of carboxylic acids is 1. The highest BCUT2D eigenvalue weighted by Gasteiger charge is 2.20. The molecule has 0 aliphatic heterocycles. The molecule has 0 saturated carbocycles. The molecule has 1 aromatic heterocycles. The van der Waals surface area contributed by atoms with Gasteiger partial charge in [-0.15, -0.1) is 0 Å². The fourth-order valence-corrected chi connectivity index (χ4v) is 1.11. The maximum atomic E-state index is 10.8. The van der Waals surface area contributed by atoms with E-state index in [-0.39, 0.29) is 0 Å². The molecule has 0 bridgehead atoms. The van der Waals surface area contributed by atoms with Crippen molar-refractivity contribution >= 4 is 5.97 Å². The first-order valence-corrected chi connectivity index (χ1v) is 4.28. The van der Waals surface area contributed by atoms with Gasteiger partial charge in [0.1, 0.15) is 11.7 Å². The largest absolute Gasteiger partial charge is 0.481 e. The molecule has 14 heavy (non-hydrogen) atoms.